The second-order valence-corrected chi connectivity index (χ2v) is 9.09. The zero-order valence-electron chi connectivity index (χ0n) is 17.9. The summed E-state index contributed by atoms with van der Waals surface area (Å²) in [7, 11) is 1.54. The van der Waals surface area contributed by atoms with Crippen LogP contribution in [-0.4, -0.2) is 46.0 Å². The SMILES string of the molecule is COc1cc(/C=C2\SC(=O)CC2=O)nc(N2CCC(CCCc3cccc(F)n3)CC2)n1. The fraction of sp³-hybridized carbons (Fsp3) is 0.435. The van der Waals surface area contributed by atoms with Gasteiger partial charge in [0.05, 0.1) is 24.1 Å². The van der Waals surface area contributed by atoms with Crippen molar-refractivity contribution in [3.63, 3.8) is 0 Å². The number of pyridine rings is 1. The van der Waals surface area contributed by atoms with Crippen LogP contribution in [-0.2, 0) is 16.0 Å². The van der Waals surface area contributed by atoms with Crippen molar-refractivity contribution in [1.29, 1.82) is 0 Å². The van der Waals surface area contributed by atoms with Crippen LogP contribution in [0.15, 0.2) is 29.2 Å². The molecule has 0 spiro atoms. The van der Waals surface area contributed by atoms with Gasteiger partial charge in [0.1, 0.15) is 0 Å². The maximum absolute atomic E-state index is 13.2. The molecule has 0 aliphatic carbocycles. The van der Waals surface area contributed by atoms with Crippen molar-refractivity contribution >= 4 is 34.7 Å². The highest BCUT2D eigenvalue weighted by Crippen LogP contribution is 2.31. The number of halogens is 1. The van der Waals surface area contributed by atoms with E-state index in [2.05, 4.69) is 19.9 Å². The maximum atomic E-state index is 13.2. The van der Waals surface area contributed by atoms with E-state index in [0.717, 1.165) is 62.6 Å². The Bertz CT molecular complexity index is 1040. The average molecular weight is 457 g/mol. The van der Waals surface area contributed by atoms with Gasteiger partial charge in [0.2, 0.25) is 22.9 Å². The molecule has 4 heterocycles. The zero-order chi connectivity index (χ0) is 22.5. The smallest absolute Gasteiger partial charge is 0.229 e. The summed E-state index contributed by atoms with van der Waals surface area (Å²) in [5, 5.41) is -0.141. The first-order valence-corrected chi connectivity index (χ1v) is 11.6. The molecular formula is C23H25FN4O3S. The van der Waals surface area contributed by atoms with Crippen LogP contribution in [0.5, 0.6) is 5.88 Å². The molecule has 2 aliphatic rings. The first-order chi connectivity index (χ1) is 15.5. The molecule has 168 valence electrons. The Kier molecular flexibility index (Phi) is 7.14. The number of nitrogens with zero attached hydrogens (tertiary/aromatic N) is 4. The summed E-state index contributed by atoms with van der Waals surface area (Å²) in [6.07, 6.45) is 6.48. The van der Waals surface area contributed by atoms with Gasteiger partial charge in [-0.2, -0.15) is 9.37 Å². The number of methoxy groups -OCH3 is 1. The van der Waals surface area contributed by atoms with Crippen molar-refractivity contribution in [1.82, 2.24) is 15.0 Å². The van der Waals surface area contributed by atoms with Crippen LogP contribution < -0.4 is 9.64 Å². The fourth-order valence-electron chi connectivity index (χ4n) is 4.01. The lowest BCUT2D eigenvalue weighted by Crippen LogP contribution is -2.35. The van der Waals surface area contributed by atoms with Gasteiger partial charge in [0.15, 0.2) is 5.78 Å². The highest BCUT2D eigenvalue weighted by atomic mass is 32.2. The molecule has 32 heavy (non-hydrogen) atoms. The van der Waals surface area contributed by atoms with Crippen molar-refractivity contribution in [3.05, 3.63) is 46.5 Å². The Hall–Kier alpha value is -2.81. The summed E-state index contributed by atoms with van der Waals surface area (Å²) in [6.45, 7) is 1.66. The predicted molar refractivity (Wildman–Crippen MR) is 121 cm³/mol. The number of hydrogen-bond acceptors (Lipinski definition) is 8. The average Bonchev–Trinajstić information content (AvgIpc) is 3.10. The molecule has 4 rings (SSSR count). The summed E-state index contributed by atoms with van der Waals surface area (Å²) in [6, 6.07) is 6.60. The Morgan fingerprint density at radius 3 is 2.72 bits per heavy atom. The number of aryl methyl sites for hydroxylation is 1. The molecule has 0 aromatic carbocycles. The molecule has 2 aromatic heterocycles. The minimum absolute atomic E-state index is 0.0611. The monoisotopic (exact) mass is 456 g/mol. The lowest BCUT2D eigenvalue weighted by molar-refractivity contribution is -0.119. The molecule has 7 nitrogen and oxygen atoms in total. The molecule has 0 N–H and O–H groups in total. The molecular weight excluding hydrogens is 431 g/mol. The van der Waals surface area contributed by atoms with E-state index >= 15 is 0 Å². The van der Waals surface area contributed by atoms with Crippen molar-refractivity contribution < 1.29 is 18.7 Å². The number of anilines is 1. The summed E-state index contributed by atoms with van der Waals surface area (Å²) in [4.78, 5) is 39.0. The first kappa shape index (κ1) is 22.4. The first-order valence-electron chi connectivity index (χ1n) is 10.7. The molecule has 0 atom stereocenters. The third-order valence-electron chi connectivity index (χ3n) is 5.72. The van der Waals surface area contributed by atoms with Crippen molar-refractivity contribution in [2.24, 2.45) is 5.92 Å². The normalized spacial score (nSPS) is 18.6. The number of piperidine rings is 1. The Balaban J connectivity index is 1.35. The fourth-order valence-corrected chi connectivity index (χ4v) is 4.83. The van der Waals surface area contributed by atoms with Gasteiger partial charge in [0.25, 0.3) is 0 Å². The minimum atomic E-state index is -0.424. The molecule has 0 bridgehead atoms. The number of ketones is 1. The lowest BCUT2D eigenvalue weighted by Gasteiger charge is -2.32. The molecule has 2 aliphatic heterocycles. The molecule has 2 fully saturated rings. The zero-order valence-corrected chi connectivity index (χ0v) is 18.7. The molecule has 2 aromatic rings. The topological polar surface area (TPSA) is 85.3 Å². The van der Waals surface area contributed by atoms with E-state index in [1.807, 2.05) is 6.07 Å². The van der Waals surface area contributed by atoms with Gasteiger partial charge in [0, 0.05) is 24.8 Å². The van der Waals surface area contributed by atoms with E-state index in [9.17, 15) is 14.0 Å². The number of allylic oxidation sites excluding steroid dienone is 1. The van der Waals surface area contributed by atoms with Gasteiger partial charge in [-0.15, -0.1) is 0 Å². The molecule has 2 saturated heterocycles. The van der Waals surface area contributed by atoms with E-state index in [1.165, 1.54) is 6.07 Å². The number of Topliss-reactive ketones (excluding diaryl/α,β-unsaturated/α-hetero) is 1. The third-order valence-corrected chi connectivity index (χ3v) is 6.66. The van der Waals surface area contributed by atoms with Gasteiger partial charge < -0.3 is 9.64 Å². The number of hydrogen-bond donors (Lipinski definition) is 0. The number of thioether (sulfide) groups is 1. The highest BCUT2D eigenvalue weighted by Gasteiger charge is 2.26. The third kappa shape index (κ3) is 5.70. The number of rotatable bonds is 7. The highest BCUT2D eigenvalue weighted by molar-refractivity contribution is 8.18. The Labute approximate surface area is 190 Å². The van der Waals surface area contributed by atoms with Crippen molar-refractivity contribution in [2.75, 3.05) is 25.1 Å². The van der Waals surface area contributed by atoms with Crippen LogP contribution in [0.3, 0.4) is 0 Å². The number of aromatic nitrogens is 3. The largest absolute Gasteiger partial charge is 0.481 e. The second kappa shape index (κ2) is 10.2. The number of carbonyl (C=O) groups excluding carboxylic acids is 2. The Morgan fingerprint density at radius 2 is 2.03 bits per heavy atom. The van der Waals surface area contributed by atoms with Crippen LogP contribution in [0.1, 0.15) is 43.5 Å². The second-order valence-electron chi connectivity index (χ2n) is 7.99. The minimum Gasteiger partial charge on any atom is -0.481 e. The van der Waals surface area contributed by atoms with E-state index in [0.29, 0.717) is 28.3 Å². The van der Waals surface area contributed by atoms with E-state index in [1.54, 1.807) is 25.3 Å². The number of ether oxygens (including phenoxy) is 1. The summed E-state index contributed by atoms with van der Waals surface area (Å²) in [5.74, 6) is 0.999. The van der Waals surface area contributed by atoms with Crippen LogP contribution in [0.25, 0.3) is 6.08 Å². The van der Waals surface area contributed by atoms with E-state index < -0.39 is 5.95 Å². The van der Waals surface area contributed by atoms with E-state index in [4.69, 9.17) is 4.74 Å². The molecule has 0 amide bonds. The van der Waals surface area contributed by atoms with Gasteiger partial charge in [-0.3, -0.25) is 9.59 Å². The van der Waals surface area contributed by atoms with Gasteiger partial charge in [-0.1, -0.05) is 6.07 Å². The molecule has 0 radical (unpaired) electrons. The summed E-state index contributed by atoms with van der Waals surface area (Å²) < 4.78 is 18.5. The quantitative estimate of drug-likeness (QED) is 0.353. The molecule has 0 saturated carbocycles. The summed E-state index contributed by atoms with van der Waals surface area (Å²) in [5.41, 5.74) is 1.36. The van der Waals surface area contributed by atoms with Gasteiger partial charge >= 0.3 is 0 Å². The molecule has 0 unspecified atom stereocenters. The van der Waals surface area contributed by atoms with Crippen molar-refractivity contribution in [2.45, 2.75) is 38.5 Å². The molecule has 9 heteroatoms. The predicted octanol–water partition coefficient (Wildman–Crippen LogP) is 3.83. The van der Waals surface area contributed by atoms with Crippen LogP contribution in [0, 0.1) is 11.9 Å². The van der Waals surface area contributed by atoms with Crippen molar-refractivity contribution in [3.8, 4) is 5.88 Å². The Morgan fingerprint density at radius 1 is 1.22 bits per heavy atom. The lowest BCUT2D eigenvalue weighted by atomic mass is 9.91. The van der Waals surface area contributed by atoms with Gasteiger partial charge in [-0.05, 0) is 68.0 Å². The van der Waals surface area contributed by atoms with Crippen LogP contribution >= 0.6 is 11.8 Å². The van der Waals surface area contributed by atoms with E-state index in [-0.39, 0.29) is 17.3 Å². The van der Waals surface area contributed by atoms with Gasteiger partial charge in [-0.25, -0.2) is 9.97 Å². The van der Waals surface area contributed by atoms with Crippen LogP contribution in [0.2, 0.25) is 0 Å². The standard InChI is InChI=1S/C23H25FN4O3S/c1-31-21-13-17(12-19-18(29)14-22(30)32-19)26-23(27-21)28-10-8-15(9-11-28)4-2-5-16-6-3-7-20(24)25-16/h3,6-7,12-13,15H,2,4-5,8-11,14H2,1H3/b19-12-. The maximum Gasteiger partial charge on any atom is 0.229 e. The summed E-state index contributed by atoms with van der Waals surface area (Å²) >= 11 is 0.963. The number of carbonyl (C=O) groups is 2. The van der Waals surface area contributed by atoms with Crippen LogP contribution in [0.4, 0.5) is 10.3 Å².